The van der Waals surface area contributed by atoms with Crippen molar-refractivity contribution >= 4 is 23.5 Å². The molecule has 2 aromatic rings. The molecule has 0 spiro atoms. The van der Waals surface area contributed by atoms with E-state index in [1.807, 2.05) is 31.7 Å². The second-order valence-corrected chi connectivity index (χ2v) is 6.84. The van der Waals surface area contributed by atoms with E-state index >= 15 is 0 Å². The van der Waals surface area contributed by atoms with Crippen molar-refractivity contribution in [1.82, 2.24) is 9.97 Å². The Hall–Kier alpha value is -1.00. The minimum absolute atomic E-state index is 0.621. The molecule has 0 N–H and O–H groups in total. The highest BCUT2D eigenvalue weighted by atomic mass is 32.2. The van der Waals surface area contributed by atoms with Gasteiger partial charge in [-0.05, 0) is 31.5 Å². The molecule has 1 aromatic heterocycles. The van der Waals surface area contributed by atoms with Crippen molar-refractivity contribution in [1.29, 1.82) is 0 Å². The van der Waals surface area contributed by atoms with Crippen LogP contribution in [0.1, 0.15) is 22.9 Å². The predicted molar refractivity (Wildman–Crippen MR) is 82.1 cm³/mol. The largest absolute Gasteiger partial charge is 0.228 e. The van der Waals surface area contributed by atoms with Crippen molar-refractivity contribution < 1.29 is 0 Å². The minimum Gasteiger partial charge on any atom is -0.228 e. The Morgan fingerprint density at radius 2 is 1.95 bits per heavy atom. The second kappa shape index (κ2) is 5.55. The normalized spacial score (nSPS) is 17.5. The van der Waals surface area contributed by atoms with Crippen LogP contribution in [0.2, 0.25) is 0 Å². The Morgan fingerprint density at radius 1 is 1.21 bits per heavy atom. The van der Waals surface area contributed by atoms with Crippen LogP contribution in [-0.4, -0.2) is 21.5 Å². The third-order valence-electron chi connectivity index (χ3n) is 3.17. The van der Waals surface area contributed by atoms with Crippen molar-refractivity contribution in [3.05, 3.63) is 47.3 Å². The van der Waals surface area contributed by atoms with E-state index < -0.39 is 0 Å². The van der Waals surface area contributed by atoms with Crippen LogP contribution in [0.4, 0.5) is 0 Å². The van der Waals surface area contributed by atoms with Crippen LogP contribution in [0.15, 0.2) is 40.4 Å². The smallest absolute Gasteiger partial charge is 0.187 e. The van der Waals surface area contributed by atoms with Gasteiger partial charge in [0, 0.05) is 33.7 Å². The number of hydrogen-bond donors (Lipinski definition) is 0. The van der Waals surface area contributed by atoms with Gasteiger partial charge in [-0.1, -0.05) is 30.0 Å². The highest BCUT2D eigenvalue weighted by Gasteiger charge is 2.22. The molecule has 0 saturated carbocycles. The first-order valence-corrected chi connectivity index (χ1v) is 8.36. The lowest BCUT2D eigenvalue weighted by Crippen LogP contribution is -2.02. The number of nitrogens with zero attached hydrogens (tertiary/aromatic N) is 2. The second-order valence-electron chi connectivity index (χ2n) is 4.79. The lowest BCUT2D eigenvalue weighted by Gasteiger charge is -2.09. The molecule has 1 atom stereocenters. The molecule has 4 heteroatoms. The molecule has 1 aliphatic rings. The van der Waals surface area contributed by atoms with Gasteiger partial charge in [0.15, 0.2) is 5.16 Å². The fourth-order valence-corrected chi connectivity index (χ4v) is 4.77. The number of fused-ring (bicyclic) bond motifs is 1. The minimum atomic E-state index is 0.621. The zero-order valence-electron chi connectivity index (χ0n) is 11.1. The van der Waals surface area contributed by atoms with Crippen LogP contribution in [0.25, 0.3) is 0 Å². The fourth-order valence-electron chi connectivity index (χ4n) is 2.30. The van der Waals surface area contributed by atoms with Crippen molar-refractivity contribution in [2.75, 3.05) is 11.5 Å². The van der Waals surface area contributed by atoms with Gasteiger partial charge in [-0.2, -0.15) is 0 Å². The molecule has 0 bridgehead atoms. The van der Waals surface area contributed by atoms with Gasteiger partial charge in [0.1, 0.15) is 0 Å². The molecular formula is C15H16N2S2. The van der Waals surface area contributed by atoms with Crippen LogP contribution in [0.5, 0.6) is 0 Å². The van der Waals surface area contributed by atoms with Crippen molar-refractivity contribution in [3.8, 4) is 0 Å². The lowest BCUT2D eigenvalue weighted by molar-refractivity contribution is 0.871. The summed E-state index contributed by atoms with van der Waals surface area (Å²) in [5.41, 5.74) is 3.59. The molecular weight excluding hydrogens is 272 g/mol. The van der Waals surface area contributed by atoms with Crippen LogP contribution < -0.4 is 0 Å². The first-order valence-electron chi connectivity index (χ1n) is 6.39. The topological polar surface area (TPSA) is 25.8 Å². The first kappa shape index (κ1) is 13.0. The molecule has 1 unspecified atom stereocenters. The van der Waals surface area contributed by atoms with Crippen LogP contribution in [0.3, 0.4) is 0 Å². The SMILES string of the molecule is Cc1cc(C)nc(SCC2CSc3ccccc32)n1. The van der Waals surface area contributed by atoms with Crippen molar-refractivity contribution in [2.45, 2.75) is 29.8 Å². The molecule has 98 valence electrons. The summed E-state index contributed by atoms with van der Waals surface area (Å²) in [5.74, 6) is 2.86. The van der Waals surface area contributed by atoms with Gasteiger partial charge in [-0.15, -0.1) is 11.8 Å². The van der Waals surface area contributed by atoms with E-state index in [2.05, 4.69) is 34.2 Å². The zero-order chi connectivity index (χ0) is 13.2. The van der Waals surface area contributed by atoms with Gasteiger partial charge in [-0.25, -0.2) is 9.97 Å². The summed E-state index contributed by atoms with van der Waals surface area (Å²) >= 11 is 3.74. The Labute approximate surface area is 122 Å². The molecule has 2 nitrogen and oxygen atoms in total. The molecule has 0 amide bonds. The van der Waals surface area contributed by atoms with Gasteiger partial charge in [0.2, 0.25) is 0 Å². The van der Waals surface area contributed by atoms with E-state index in [4.69, 9.17) is 0 Å². The maximum Gasteiger partial charge on any atom is 0.187 e. The molecule has 1 aromatic carbocycles. The summed E-state index contributed by atoms with van der Waals surface area (Å²) in [4.78, 5) is 10.4. The Morgan fingerprint density at radius 3 is 2.74 bits per heavy atom. The van der Waals surface area contributed by atoms with Crippen molar-refractivity contribution in [3.63, 3.8) is 0 Å². The monoisotopic (exact) mass is 288 g/mol. The lowest BCUT2D eigenvalue weighted by atomic mass is 10.0. The van der Waals surface area contributed by atoms with E-state index in [0.717, 1.165) is 22.3 Å². The third kappa shape index (κ3) is 2.95. The third-order valence-corrected chi connectivity index (χ3v) is 5.44. The summed E-state index contributed by atoms with van der Waals surface area (Å²) in [6.45, 7) is 4.05. The average molecular weight is 288 g/mol. The number of rotatable bonds is 3. The zero-order valence-corrected chi connectivity index (χ0v) is 12.7. The molecule has 19 heavy (non-hydrogen) atoms. The Balaban J connectivity index is 1.70. The van der Waals surface area contributed by atoms with Gasteiger partial charge >= 0.3 is 0 Å². The summed E-state index contributed by atoms with van der Waals surface area (Å²) in [6.07, 6.45) is 0. The van der Waals surface area contributed by atoms with Crippen LogP contribution in [0, 0.1) is 13.8 Å². The first-order chi connectivity index (χ1) is 9.22. The summed E-state index contributed by atoms with van der Waals surface area (Å²) < 4.78 is 0. The summed E-state index contributed by atoms with van der Waals surface area (Å²) in [7, 11) is 0. The molecule has 0 fully saturated rings. The highest BCUT2D eigenvalue weighted by molar-refractivity contribution is 8.00. The van der Waals surface area contributed by atoms with Crippen molar-refractivity contribution in [2.24, 2.45) is 0 Å². The van der Waals surface area contributed by atoms with Gasteiger partial charge in [0.25, 0.3) is 0 Å². The van der Waals surface area contributed by atoms with Crippen LogP contribution >= 0.6 is 23.5 Å². The standard InChI is InChI=1S/C15H16N2S2/c1-10-7-11(2)17-15(16-10)19-9-12-8-18-14-6-4-3-5-13(12)14/h3-7,12H,8-9H2,1-2H3. The number of aryl methyl sites for hydroxylation is 2. The fraction of sp³-hybridized carbons (Fsp3) is 0.333. The number of hydrogen-bond acceptors (Lipinski definition) is 4. The summed E-state index contributed by atoms with van der Waals surface area (Å²) in [5, 5.41) is 0.909. The average Bonchev–Trinajstić information content (AvgIpc) is 2.78. The van der Waals surface area contributed by atoms with Gasteiger partial charge < -0.3 is 0 Å². The molecule has 0 radical (unpaired) electrons. The predicted octanol–water partition coefficient (Wildman–Crippen LogP) is 4.08. The van der Waals surface area contributed by atoms with E-state index in [-0.39, 0.29) is 0 Å². The maximum absolute atomic E-state index is 4.50. The van der Waals surface area contributed by atoms with Gasteiger partial charge in [0.05, 0.1) is 0 Å². The number of thioether (sulfide) groups is 2. The number of benzene rings is 1. The number of aromatic nitrogens is 2. The molecule has 1 aliphatic heterocycles. The maximum atomic E-state index is 4.50. The quantitative estimate of drug-likeness (QED) is 0.628. The molecule has 2 heterocycles. The van der Waals surface area contributed by atoms with E-state index in [9.17, 15) is 0 Å². The van der Waals surface area contributed by atoms with E-state index in [1.165, 1.54) is 16.2 Å². The highest BCUT2D eigenvalue weighted by Crippen LogP contribution is 2.41. The Kier molecular flexibility index (Phi) is 3.80. The van der Waals surface area contributed by atoms with Gasteiger partial charge in [-0.3, -0.25) is 0 Å². The summed E-state index contributed by atoms with van der Waals surface area (Å²) in [6, 6.07) is 10.7. The molecule has 0 aliphatic carbocycles. The Bertz CT molecular complexity index is 578. The van der Waals surface area contributed by atoms with Crippen LogP contribution in [-0.2, 0) is 0 Å². The van der Waals surface area contributed by atoms with E-state index in [0.29, 0.717) is 5.92 Å². The molecule has 3 rings (SSSR count). The molecule has 0 saturated heterocycles. The van der Waals surface area contributed by atoms with E-state index in [1.54, 1.807) is 11.8 Å².